The van der Waals surface area contributed by atoms with Gasteiger partial charge in [0.05, 0.1) is 25.0 Å². The molecule has 4 heteroatoms. The lowest BCUT2D eigenvalue weighted by Gasteiger charge is -2.21. The first-order valence-electron chi connectivity index (χ1n) is 4.85. The Labute approximate surface area is 85.3 Å². The largest absolute Gasteiger partial charge is 0.493 e. The number of ether oxygens (including phenoxy) is 1. The minimum Gasteiger partial charge on any atom is -0.493 e. The van der Waals surface area contributed by atoms with Gasteiger partial charge in [-0.3, -0.25) is 4.68 Å². The van der Waals surface area contributed by atoms with E-state index in [9.17, 15) is 0 Å². The highest BCUT2D eigenvalue weighted by Gasteiger charge is 2.21. The average molecular weight is 197 g/mol. The highest BCUT2D eigenvalue weighted by atomic mass is 16.5. The summed E-state index contributed by atoms with van der Waals surface area (Å²) in [6, 6.07) is 0.275. The molecule has 1 aromatic rings. The fourth-order valence-corrected chi connectivity index (χ4v) is 1.72. The first-order chi connectivity index (χ1) is 6.61. The van der Waals surface area contributed by atoms with Gasteiger partial charge in [0, 0.05) is 7.05 Å². The van der Waals surface area contributed by atoms with Crippen LogP contribution in [0.4, 0.5) is 0 Å². The molecule has 1 rings (SSSR count). The number of nitrogens with one attached hydrogen (secondary N) is 1. The van der Waals surface area contributed by atoms with Crippen molar-refractivity contribution in [2.24, 2.45) is 13.0 Å². The molecule has 0 aliphatic carbocycles. The van der Waals surface area contributed by atoms with Crippen LogP contribution < -0.4 is 10.1 Å². The molecule has 1 N–H and O–H groups in total. The molecule has 1 heterocycles. The maximum atomic E-state index is 5.28. The summed E-state index contributed by atoms with van der Waals surface area (Å²) < 4.78 is 7.14. The van der Waals surface area contributed by atoms with Crippen LogP contribution in [0.3, 0.4) is 0 Å². The summed E-state index contributed by atoms with van der Waals surface area (Å²) in [5, 5.41) is 7.47. The van der Waals surface area contributed by atoms with Gasteiger partial charge in [0.1, 0.15) is 0 Å². The zero-order valence-electron chi connectivity index (χ0n) is 9.53. The van der Waals surface area contributed by atoms with E-state index in [1.807, 2.05) is 18.8 Å². The van der Waals surface area contributed by atoms with Crippen LogP contribution in [-0.2, 0) is 7.05 Å². The number of nitrogens with zero attached hydrogens (tertiary/aromatic N) is 2. The summed E-state index contributed by atoms with van der Waals surface area (Å²) in [4.78, 5) is 0. The predicted molar refractivity (Wildman–Crippen MR) is 56.4 cm³/mol. The maximum absolute atomic E-state index is 5.28. The highest BCUT2D eigenvalue weighted by molar-refractivity contribution is 5.28. The summed E-state index contributed by atoms with van der Waals surface area (Å²) in [6.07, 6.45) is 1.75. The van der Waals surface area contributed by atoms with Gasteiger partial charge < -0.3 is 10.1 Å². The van der Waals surface area contributed by atoms with Crippen molar-refractivity contribution in [1.82, 2.24) is 15.1 Å². The monoisotopic (exact) mass is 197 g/mol. The standard InChI is InChI=1S/C10H19N3O/c1-7(2)9(11-3)10-8(14-5)6-12-13(10)4/h6-7,9,11H,1-5H3. The summed E-state index contributed by atoms with van der Waals surface area (Å²) in [7, 11) is 5.56. The molecule has 0 bridgehead atoms. The lowest BCUT2D eigenvalue weighted by Crippen LogP contribution is -2.24. The van der Waals surface area contributed by atoms with Crippen LogP contribution in [-0.4, -0.2) is 23.9 Å². The summed E-state index contributed by atoms with van der Waals surface area (Å²) in [6.45, 7) is 4.35. The lowest BCUT2D eigenvalue weighted by atomic mass is 10.0. The van der Waals surface area contributed by atoms with Crippen molar-refractivity contribution in [2.45, 2.75) is 19.9 Å². The molecule has 0 spiro atoms. The number of aromatic nitrogens is 2. The van der Waals surface area contributed by atoms with Crippen molar-refractivity contribution in [3.05, 3.63) is 11.9 Å². The Kier molecular flexibility index (Phi) is 3.52. The van der Waals surface area contributed by atoms with Gasteiger partial charge in [0.15, 0.2) is 5.75 Å². The van der Waals surface area contributed by atoms with Gasteiger partial charge in [0.2, 0.25) is 0 Å². The Bertz CT molecular complexity index is 294. The first-order valence-corrected chi connectivity index (χ1v) is 4.85. The molecule has 0 aliphatic heterocycles. The number of hydrogen-bond acceptors (Lipinski definition) is 3. The van der Waals surface area contributed by atoms with Crippen LogP contribution in [0, 0.1) is 5.92 Å². The third-order valence-corrected chi connectivity index (χ3v) is 2.44. The number of rotatable bonds is 4. The van der Waals surface area contributed by atoms with Gasteiger partial charge in [-0.15, -0.1) is 0 Å². The molecule has 0 radical (unpaired) electrons. The van der Waals surface area contributed by atoms with E-state index < -0.39 is 0 Å². The Morgan fingerprint density at radius 2 is 2.14 bits per heavy atom. The van der Waals surface area contributed by atoms with Crippen molar-refractivity contribution in [3.8, 4) is 5.75 Å². The molecule has 1 unspecified atom stereocenters. The molecular formula is C10H19N3O. The fourth-order valence-electron chi connectivity index (χ4n) is 1.72. The summed E-state index contributed by atoms with van der Waals surface area (Å²) in [5.41, 5.74) is 1.10. The number of hydrogen-bond donors (Lipinski definition) is 1. The van der Waals surface area contributed by atoms with Crippen LogP contribution in [0.5, 0.6) is 5.75 Å². The maximum Gasteiger partial charge on any atom is 0.161 e. The molecule has 0 aliphatic rings. The second kappa shape index (κ2) is 4.46. The zero-order valence-corrected chi connectivity index (χ0v) is 9.53. The number of methoxy groups -OCH3 is 1. The lowest BCUT2D eigenvalue weighted by molar-refractivity contribution is 0.370. The Balaban J connectivity index is 3.07. The molecular weight excluding hydrogens is 178 g/mol. The molecule has 80 valence electrons. The Morgan fingerprint density at radius 1 is 1.50 bits per heavy atom. The van der Waals surface area contributed by atoms with Crippen molar-refractivity contribution < 1.29 is 4.74 Å². The van der Waals surface area contributed by atoms with Crippen LogP contribution in [0.25, 0.3) is 0 Å². The van der Waals surface area contributed by atoms with Crippen LogP contribution in [0.15, 0.2) is 6.20 Å². The van der Waals surface area contributed by atoms with E-state index in [2.05, 4.69) is 24.3 Å². The van der Waals surface area contributed by atoms with Crippen molar-refractivity contribution >= 4 is 0 Å². The van der Waals surface area contributed by atoms with Crippen LogP contribution in [0.2, 0.25) is 0 Å². The Hall–Kier alpha value is -1.03. The molecule has 1 atom stereocenters. The van der Waals surface area contributed by atoms with E-state index in [1.165, 1.54) is 0 Å². The molecule has 0 amide bonds. The van der Waals surface area contributed by atoms with Crippen molar-refractivity contribution in [1.29, 1.82) is 0 Å². The van der Waals surface area contributed by atoms with Gasteiger partial charge in [0.25, 0.3) is 0 Å². The molecule has 4 nitrogen and oxygen atoms in total. The zero-order chi connectivity index (χ0) is 10.7. The Morgan fingerprint density at radius 3 is 2.57 bits per heavy atom. The van der Waals surface area contributed by atoms with E-state index in [0.717, 1.165) is 11.4 Å². The van der Waals surface area contributed by atoms with Gasteiger partial charge in [-0.2, -0.15) is 5.10 Å². The third-order valence-electron chi connectivity index (χ3n) is 2.44. The molecule has 0 saturated heterocycles. The van der Waals surface area contributed by atoms with Crippen molar-refractivity contribution in [2.75, 3.05) is 14.2 Å². The van der Waals surface area contributed by atoms with Gasteiger partial charge in [-0.25, -0.2) is 0 Å². The third kappa shape index (κ3) is 1.90. The smallest absolute Gasteiger partial charge is 0.161 e. The summed E-state index contributed by atoms with van der Waals surface area (Å²) >= 11 is 0. The minimum absolute atomic E-state index is 0.275. The molecule has 14 heavy (non-hydrogen) atoms. The van der Waals surface area contributed by atoms with E-state index in [4.69, 9.17) is 4.74 Å². The van der Waals surface area contributed by atoms with E-state index >= 15 is 0 Å². The number of aryl methyl sites for hydroxylation is 1. The molecule has 0 fully saturated rings. The predicted octanol–water partition coefficient (Wildman–Crippen LogP) is 1.35. The molecule has 0 saturated carbocycles. The SMILES string of the molecule is CNC(c1c(OC)cnn1C)C(C)C. The summed E-state index contributed by atoms with van der Waals surface area (Å²) in [5.74, 6) is 1.35. The molecule has 1 aromatic heterocycles. The second-order valence-electron chi connectivity index (χ2n) is 3.73. The fraction of sp³-hybridized carbons (Fsp3) is 0.700. The van der Waals surface area contributed by atoms with Crippen LogP contribution in [0.1, 0.15) is 25.6 Å². The topological polar surface area (TPSA) is 39.1 Å². The quantitative estimate of drug-likeness (QED) is 0.791. The van der Waals surface area contributed by atoms with Gasteiger partial charge >= 0.3 is 0 Å². The first kappa shape index (κ1) is 11.0. The average Bonchev–Trinajstić information content (AvgIpc) is 2.49. The minimum atomic E-state index is 0.275. The molecule has 0 aromatic carbocycles. The normalized spacial score (nSPS) is 13.3. The van der Waals surface area contributed by atoms with E-state index in [-0.39, 0.29) is 6.04 Å². The van der Waals surface area contributed by atoms with Crippen LogP contribution >= 0.6 is 0 Å². The second-order valence-corrected chi connectivity index (χ2v) is 3.73. The van der Waals surface area contributed by atoms with Crippen molar-refractivity contribution in [3.63, 3.8) is 0 Å². The van der Waals surface area contributed by atoms with Gasteiger partial charge in [-0.05, 0) is 13.0 Å². The van der Waals surface area contributed by atoms with Gasteiger partial charge in [-0.1, -0.05) is 13.8 Å². The van der Waals surface area contributed by atoms with E-state index in [1.54, 1.807) is 13.3 Å². The van der Waals surface area contributed by atoms with E-state index in [0.29, 0.717) is 5.92 Å². The highest BCUT2D eigenvalue weighted by Crippen LogP contribution is 2.28.